The van der Waals surface area contributed by atoms with Crippen LogP contribution in [0.25, 0.3) is 10.9 Å². The fourth-order valence-corrected chi connectivity index (χ4v) is 2.73. The molecule has 0 spiro atoms. The van der Waals surface area contributed by atoms with Crippen LogP contribution in [0.1, 0.15) is 16.8 Å². The molecule has 0 bridgehead atoms. The zero-order valence-electron chi connectivity index (χ0n) is 10.8. The highest BCUT2D eigenvalue weighted by Gasteiger charge is 2.01. The first-order valence-corrected chi connectivity index (χ1v) is 7.20. The Hall–Kier alpha value is -1.94. The molecule has 2 heterocycles. The second kappa shape index (κ2) is 5.36. The van der Waals surface area contributed by atoms with Crippen LogP contribution >= 0.6 is 11.3 Å². The number of hydrogen-bond donors (Lipinski definition) is 1. The molecule has 2 aromatic heterocycles. The summed E-state index contributed by atoms with van der Waals surface area (Å²) in [4.78, 5) is 10.3. The van der Waals surface area contributed by atoms with Crippen LogP contribution in [0.4, 0.5) is 5.82 Å². The molecular weight excluding hydrogens is 254 g/mol. The third-order valence-electron chi connectivity index (χ3n) is 2.97. The maximum Gasteiger partial charge on any atom is 0.127 e. The standard InChI is InChI=1S/C15H15N3S/c1-2-12-9-17-15(19-12)10-16-14-8-7-11-5-3-4-6-13(11)18-14/h3-9H,2,10H2,1H3,(H,16,18). The summed E-state index contributed by atoms with van der Waals surface area (Å²) in [5, 5.41) is 5.59. The second-order valence-electron chi connectivity index (χ2n) is 4.32. The Balaban J connectivity index is 1.74. The molecule has 3 nitrogen and oxygen atoms in total. The van der Waals surface area contributed by atoms with Crippen molar-refractivity contribution in [1.29, 1.82) is 0 Å². The number of benzene rings is 1. The van der Waals surface area contributed by atoms with Gasteiger partial charge in [0.2, 0.25) is 0 Å². The monoisotopic (exact) mass is 269 g/mol. The summed E-state index contributed by atoms with van der Waals surface area (Å²) in [6, 6.07) is 12.2. The Kier molecular flexibility index (Phi) is 3.42. The van der Waals surface area contributed by atoms with Crippen LogP contribution in [0.15, 0.2) is 42.6 Å². The van der Waals surface area contributed by atoms with Crippen LogP contribution < -0.4 is 5.32 Å². The van der Waals surface area contributed by atoms with Crippen molar-refractivity contribution in [3.63, 3.8) is 0 Å². The molecule has 0 fully saturated rings. The predicted octanol–water partition coefficient (Wildman–Crippen LogP) is 3.87. The molecule has 0 saturated carbocycles. The average molecular weight is 269 g/mol. The lowest BCUT2D eigenvalue weighted by Crippen LogP contribution is -2.00. The Morgan fingerprint density at radius 3 is 2.89 bits per heavy atom. The number of thiazole rings is 1. The predicted molar refractivity (Wildman–Crippen MR) is 80.6 cm³/mol. The lowest BCUT2D eigenvalue weighted by atomic mass is 10.2. The Labute approximate surface area is 116 Å². The number of nitrogens with zero attached hydrogens (tertiary/aromatic N) is 2. The molecule has 0 unspecified atom stereocenters. The maximum atomic E-state index is 4.58. The van der Waals surface area contributed by atoms with Gasteiger partial charge >= 0.3 is 0 Å². The van der Waals surface area contributed by atoms with Crippen LogP contribution in [0.2, 0.25) is 0 Å². The molecule has 1 aromatic carbocycles. The average Bonchev–Trinajstić information content (AvgIpc) is 2.93. The van der Waals surface area contributed by atoms with Crippen LogP contribution in [-0.4, -0.2) is 9.97 Å². The molecule has 3 aromatic rings. The van der Waals surface area contributed by atoms with E-state index in [1.807, 2.05) is 30.5 Å². The van der Waals surface area contributed by atoms with Gasteiger partial charge < -0.3 is 5.32 Å². The third-order valence-corrected chi connectivity index (χ3v) is 4.11. The van der Waals surface area contributed by atoms with Gasteiger partial charge in [0.05, 0.1) is 12.1 Å². The van der Waals surface area contributed by atoms with Gasteiger partial charge in [-0.2, -0.15) is 0 Å². The number of nitrogens with one attached hydrogen (secondary N) is 1. The number of anilines is 1. The molecule has 0 aliphatic rings. The fourth-order valence-electron chi connectivity index (χ4n) is 1.92. The topological polar surface area (TPSA) is 37.8 Å². The molecule has 19 heavy (non-hydrogen) atoms. The Bertz CT molecular complexity index is 690. The summed E-state index contributed by atoms with van der Waals surface area (Å²) in [6.07, 6.45) is 3.00. The minimum Gasteiger partial charge on any atom is -0.364 e. The largest absolute Gasteiger partial charge is 0.364 e. The lowest BCUT2D eigenvalue weighted by molar-refractivity contribution is 1.08. The van der Waals surface area contributed by atoms with Crippen molar-refractivity contribution in [2.75, 3.05) is 5.32 Å². The van der Waals surface area contributed by atoms with Crippen molar-refractivity contribution in [1.82, 2.24) is 9.97 Å². The molecule has 0 radical (unpaired) electrons. The number of fused-ring (bicyclic) bond motifs is 1. The first-order chi connectivity index (χ1) is 9.35. The molecule has 4 heteroatoms. The summed E-state index contributed by atoms with van der Waals surface area (Å²) in [5.41, 5.74) is 1.01. The van der Waals surface area contributed by atoms with Crippen molar-refractivity contribution in [3.05, 3.63) is 52.5 Å². The summed E-state index contributed by atoms with van der Waals surface area (Å²) >= 11 is 1.75. The van der Waals surface area contributed by atoms with Crippen LogP contribution in [-0.2, 0) is 13.0 Å². The number of hydrogen-bond acceptors (Lipinski definition) is 4. The maximum absolute atomic E-state index is 4.58. The number of para-hydroxylation sites is 1. The highest BCUT2D eigenvalue weighted by molar-refractivity contribution is 7.11. The summed E-state index contributed by atoms with van der Waals surface area (Å²) < 4.78 is 0. The molecule has 0 amide bonds. The summed E-state index contributed by atoms with van der Waals surface area (Å²) in [5.74, 6) is 0.895. The van der Waals surface area contributed by atoms with E-state index in [9.17, 15) is 0 Å². The third kappa shape index (κ3) is 2.74. The SMILES string of the molecule is CCc1cnc(CNc2ccc3ccccc3n2)s1. The first kappa shape index (κ1) is 12.1. The van der Waals surface area contributed by atoms with Crippen LogP contribution in [0.3, 0.4) is 0 Å². The van der Waals surface area contributed by atoms with Crippen molar-refractivity contribution >= 4 is 28.1 Å². The second-order valence-corrected chi connectivity index (χ2v) is 5.52. The van der Waals surface area contributed by atoms with Gasteiger partial charge in [0.15, 0.2) is 0 Å². The van der Waals surface area contributed by atoms with E-state index in [0.717, 1.165) is 34.7 Å². The van der Waals surface area contributed by atoms with E-state index in [0.29, 0.717) is 0 Å². The number of aryl methyl sites for hydroxylation is 1. The van der Waals surface area contributed by atoms with E-state index in [1.54, 1.807) is 11.3 Å². The van der Waals surface area contributed by atoms with E-state index < -0.39 is 0 Å². The molecule has 1 N–H and O–H groups in total. The van der Waals surface area contributed by atoms with Gasteiger partial charge in [-0.05, 0) is 24.6 Å². The van der Waals surface area contributed by atoms with Gasteiger partial charge in [-0.3, -0.25) is 0 Å². The molecule has 0 aliphatic carbocycles. The van der Waals surface area contributed by atoms with Crippen molar-refractivity contribution in [2.45, 2.75) is 19.9 Å². The zero-order chi connectivity index (χ0) is 13.1. The Morgan fingerprint density at radius 1 is 1.16 bits per heavy atom. The van der Waals surface area contributed by atoms with Crippen LogP contribution in [0.5, 0.6) is 0 Å². The lowest BCUT2D eigenvalue weighted by Gasteiger charge is -2.04. The summed E-state index contributed by atoms with van der Waals surface area (Å²) in [7, 11) is 0. The van der Waals surface area contributed by atoms with E-state index in [-0.39, 0.29) is 0 Å². The van der Waals surface area contributed by atoms with Crippen molar-refractivity contribution in [2.24, 2.45) is 0 Å². The van der Waals surface area contributed by atoms with Crippen molar-refractivity contribution in [3.8, 4) is 0 Å². The molecule has 0 aliphatic heterocycles. The van der Waals surface area contributed by atoms with E-state index in [2.05, 4.69) is 34.3 Å². The minimum absolute atomic E-state index is 0.732. The van der Waals surface area contributed by atoms with Crippen LogP contribution in [0, 0.1) is 0 Å². The highest BCUT2D eigenvalue weighted by Crippen LogP contribution is 2.17. The van der Waals surface area contributed by atoms with Gasteiger partial charge in [0.25, 0.3) is 0 Å². The molecule has 0 atom stereocenters. The van der Waals surface area contributed by atoms with Gasteiger partial charge in [-0.15, -0.1) is 11.3 Å². The highest BCUT2D eigenvalue weighted by atomic mass is 32.1. The fraction of sp³-hybridized carbons (Fsp3) is 0.200. The van der Waals surface area contributed by atoms with Gasteiger partial charge in [-0.1, -0.05) is 25.1 Å². The molecule has 96 valence electrons. The van der Waals surface area contributed by atoms with Gasteiger partial charge in [0, 0.05) is 16.5 Å². The number of pyridine rings is 1. The van der Waals surface area contributed by atoms with E-state index in [1.165, 1.54) is 4.88 Å². The van der Waals surface area contributed by atoms with Crippen molar-refractivity contribution < 1.29 is 0 Å². The smallest absolute Gasteiger partial charge is 0.127 e. The summed E-state index contributed by atoms with van der Waals surface area (Å²) in [6.45, 7) is 2.88. The Morgan fingerprint density at radius 2 is 2.05 bits per heavy atom. The number of aromatic nitrogens is 2. The van der Waals surface area contributed by atoms with E-state index in [4.69, 9.17) is 0 Å². The molecule has 3 rings (SSSR count). The minimum atomic E-state index is 0.732. The van der Waals surface area contributed by atoms with Gasteiger partial charge in [-0.25, -0.2) is 9.97 Å². The van der Waals surface area contributed by atoms with E-state index >= 15 is 0 Å². The quantitative estimate of drug-likeness (QED) is 0.781. The first-order valence-electron chi connectivity index (χ1n) is 6.38. The molecular formula is C15H15N3S. The normalized spacial score (nSPS) is 10.8. The zero-order valence-corrected chi connectivity index (χ0v) is 11.6. The molecule has 0 saturated heterocycles. The van der Waals surface area contributed by atoms with Gasteiger partial charge in [0.1, 0.15) is 10.8 Å². The number of rotatable bonds is 4.